The van der Waals surface area contributed by atoms with Crippen molar-refractivity contribution < 1.29 is 18.5 Å². The number of fused-ring (bicyclic) bond motifs is 1. The number of likely N-dealkylation sites (tertiary alicyclic amines) is 1. The Morgan fingerprint density at radius 1 is 0.933 bits per heavy atom. The summed E-state index contributed by atoms with van der Waals surface area (Å²) in [7, 11) is -0.394. The number of anilines is 1. The average molecular weight is 609 g/mol. The number of halogens is 1. The third-order valence-electron chi connectivity index (χ3n) is 10.4. The number of nitrogens with one attached hydrogen (secondary N) is 1. The van der Waals surface area contributed by atoms with E-state index < -0.39 is 12.9 Å². The molecule has 7 rings (SSSR count). The molecule has 4 heterocycles. The molecule has 3 fully saturated rings. The topological polar surface area (TPSA) is 87.8 Å². The van der Waals surface area contributed by atoms with E-state index in [2.05, 4.69) is 67.1 Å². The molecule has 1 spiro atoms. The molecule has 10 heteroatoms. The van der Waals surface area contributed by atoms with Crippen molar-refractivity contribution in [2.75, 3.05) is 31.1 Å². The molecule has 3 aromatic carbocycles. The van der Waals surface area contributed by atoms with Gasteiger partial charge < -0.3 is 19.1 Å². The Balaban J connectivity index is 1.02. The maximum Gasteiger partial charge on any atom is 0.494 e. The molecular formula is C35H38BFN4O4. The van der Waals surface area contributed by atoms with Crippen LogP contribution in [0.3, 0.4) is 0 Å². The van der Waals surface area contributed by atoms with Crippen molar-refractivity contribution in [2.24, 2.45) is 5.41 Å². The van der Waals surface area contributed by atoms with E-state index in [9.17, 15) is 9.59 Å². The second-order valence-corrected chi connectivity index (χ2v) is 13.9. The summed E-state index contributed by atoms with van der Waals surface area (Å²) in [5.74, 6) is -0.810. The van der Waals surface area contributed by atoms with E-state index in [4.69, 9.17) is 9.31 Å². The van der Waals surface area contributed by atoms with Crippen molar-refractivity contribution in [2.45, 2.75) is 58.2 Å². The van der Waals surface area contributed by atoms with Gasteiger partial charge in [-0.05, 0) is 81.9 Å². The average Bonchev–Trinajstić information content (AvgIpc) is 3.70. The maximum absolute atomic E-state index is 15.1. The number of benzene rings is 3. The fourth-order valence-electron chi connectivity index (χ4n) is 6.93. The van der Waals surface area contributed by atoms with Crippen molar-refractivity contribution in [1.82, 2.24) is 15.1 Å². The third-order valence-corrected chi connectivity index (χ3v) is 10.4. The Labute approximate surface area is 262 Å². The van der Waals surface area contributed by atoms with Gasteiger partial charge in [-0.15, -0.1) is 0 Å². The van der Waals surface area contributed by atoms with Gasteiger partial charge in [-0.25, -0.2) is 9.49 Å². The molecule has 1 amide bonds. The van der Waals surface area contributed by atoms with Gasteiger partial charge in [-0.3, -0.25) is 9.59 Å². The van der Waals surface area contributed by atoms with Crippen LogP contribution in [0.5, 0.6) is 0 Å². The molecule has 0 radical (unpaired) electrons. The van der Waals surface area contributed by atoms with Crippen LogP contribution in [0.1, 0.15) is 62.2 Å². The Morgan fingerprint density at radius 3 is 2.36 bits per heavy atom. The first kappa shape index (κ1) is 29.7. The highest BCUT2D eigenvalue weighted by molar-refractivity contribution is 6.62. The highest BCUT2D eigenvalue weighted by Crippen LogP contribution is 2.42. The Morgan fingerprint density at radius 2 is 1.62 bits per heavy atom. The molecule has 3 aliphatic heterocycles. The van der Waals surface area contributed by atoms with Gasteiger partial charge in [0, 0.05) is 49.1 Å². The summed E-state index contributed by atoms with van der Waals surface area (Å²) >= 11 is 0. The van der Waals surface area contributed by atoms with Crippen molar-refractivity contribution in [3.8, 4) is 0 Å². The van der Waals surface area contributed by atoms with Crippen LogP contribution in [0.2, 0.25) is 0 Å². The van der Waals surface area contributed by atoms with Gasteiger partial charge in [0.25, 0.3) is 11.5 Å². The predicted octanol–water partition coefficient (Wildman–Crippen LogP) is 4.69. The summed E-state index contributed by atoms with van der Waals surface area (Å²) in [5.41, 5.74) is 2.60. The number of nitrogens with zero attached hydrogens (tertiary/aromatic N) is 3. The molecule has 4 aromatic rings. The van der Waals surface area contributed by atoms with Crippen LogP contribution in [-0.2, 0) is 15.7 Å². The largest absolute Gasteiger partial charge is 0.494 e. The van der Waals surface area contributed by atoms with E-state index in [-0.39, 0.29) is 33.6 Å². The van der Waals surface area contributed by atoms with Crippen LogP contribution in [0.4, 0.5) is 10.1 Å². The molecular weight excluding hydrogens is 570 g/mol. The first-order valence-corrected chi connectivity index (χ1v) is 15.7. The first-order valence-electron chi connectivity index (χ1n) is 15.7. The molecule has 1 atom stereocenters. The van der Waals surface area contributed by atoms with Crippen molar-refractivity contribution in [3.05, 3.63) is 99.7 Å². The van der Waals surface area contributed by atoms with E-state index in [0.29, 0.717) is 30.6 Å². The van der Waals surface area contributed by atoms with E-state index in [1.807, 2.05) is 12.1 Å². The molecule has 45 heavy (non-hydrogen) atoms. The summed E-state index contributed by atoms with van der Waals surface area (Å²) in [6, 6.07) is 20.3. The minimum absolute atomic E-state index is 0.0209. The standard InChI is InChI=1S/C35H38BFN4O4/c1-33(2)34(3,4)45-36(44-33)24-10-12-25(13-11-24)40-17-15-35(21-40)16-18-41(22-35)32(43)28-19-23(9-14-29(28)37)20-30-26-7-5-6-8-27(26)31(42)39-38-30/h5-14,19H,15-18,20-22H2,1-4H3,(H,39,42). The van der Waals surface area contributed by atoms with E-state index >= 15 is 4.39 Å². The Hall–Kier alpha value is -4.02. The zero-order valence-corrected chi connectivity index (χ0v) is 26.2. The number of rotatable bonds is 5. The maximum atomic E-state index is 15.1. The highest BCUT2D eigenvalue weighted by atomic mass is 19.1. The summed E-state index contributed by atoms with van der Waals surface area (Å²) < 4.78 is 27.5. The van der Waals surface area contributed by atoms with Crippen LogP contribution in [0.15, 0.2) is 71.5 Å². The fourth-order valence-corrected chi connectivity index (χ4v) is 6.93. The number of aromatic nitrogens is 2. The number of carbonyl (C=O) groups excluding carboxylic acids is 1. The van der Waals surface area contributed by atoms with Gasteiger partial charge >= 0.3 is 7.12 Å². The second kappa shape index (κ2) is 10.8. The normalized spacial score (nSPS) is 22.2. The van der Waals surface area contributed by atoms with Gasteiger partial charge in [-0.1, -0.05) is 36.4 Å². The van der Waals surface area contributed by atoms with E-state index in [1.54, 1.807) is 29.2 Å². The molecule has 0 aliphatic carbocycles. The van der Waals surface area contributed by atoms with Crippen LogP contribution in [0.25, 0.3) is 10.8 Å². The SMILES string of the molecule is CC1(C)OB(c2ccc(N3CCC4(CCN(C(=O)c5cc(Cc6n[nH]c(=O)c7ccccc67)ccc5F)C4)C3)cc2)OC1(C)C. The lowest BCUT2D eigenvalue weighted by molar-refractivity contribution is 0.00578. The third kappa shape index (κ3) is 5.34. The smallest absolute Gasteiger partial charge is 0.399 e. The molecule has 1 N–H and O–H groups in total. The lowest BCUT2D eigenvalue weighted by Crippen LogP contribution is -2.41. The Kier molecular flexibility index (Phi) is 7.13. The van der Waals surface area contributed by atoms with Gasteiger partial charge in [0.05, 0.1) is 27.8 Å². The number of hydrogen-bond donors (Lipinski definition) is 1. The number of aromatic amines is 1. The van der Waals surface area contributed by atoms with Crippen molar-refractivity contribution in [1.29, 1.82) is 0 Å². The lowest BCUT2D eigenvalue weighted by Gasteiger charge is -2.32. The molecule has 0 bridgehead atoms. The quantitative estimate of drug-likeness (QED) is 0.331. The zero-order chi connectivity index (χ0) is 31.6. The molecule has 0 saturated carbocycles. The zero-order valence-electron chi connectivity index (χ0n) is 26.2. The van der Waals surface area contributed by atoms with Crippen LogP contribution < -0.4 is 15.9 Å². The number of carbonyl (C=O) groups is 1. The van der Waals surface area contributed by atoms with Gasteiger partial charge in [0.15, 0.2) is 0 Å². The van der Waals surface area contributed by atoms with Crippen LogP contribution in [-0.4, -0.2) is 65.5 Å². The van der Waals surface area contributed by atoms with Crippen LogP contribution in [0, 0.1) is 11.2 Å². The van der Waals surface area contributed by atoms with E-state index in [0.717, 1.165) is 48.0 Å². The van der Waals surface area contributed by atoms with Gasteiger partial charge in [0.2, 0.25) is 0 Å². The second-order valence-electron chi connectivity index (χ2n) is 13.9. The number of hydrogen-bond acceptors (Lipinski definition) is 6. The monoisotopic (exact) mass is 608 g/mol. The molecule has 3 aliphatic rings. The predicted molar refractivity (Wildman–Crippen MR) is 174 cm³/mol. The van der Waals surface area contributed by atoms with Gasteiger partial charge in [-0.2, -0.15) is 5.10 Å². The minimum atomic E-state index is -0.529. The van der Waals surface area contributed by atoms with Gasteiger partial charge in [0.1, 0.15) is 5.82 Å². The van der Waals surface area contributed by atoms with Crippen molar-refractivity contribution >= 4 is 34.9 Å². The molecule has 3 saturated heterocycles. The number of amides is 1. The van der Waals surface area contributed by atoms with E-state index in [1.165, 1.54) is 6.07 Å². The summed E-state index contributed by atoms with van der Waals surface area (Å²) in [5, 5.41) is 8.09. The Bertz CT molecular complexity index is 1830. The molecule has 1 unspecified atom stereocenters. The first-order chi connectivity index (χ1) is 21.4. The lowest BCUT2D eigenvalue weighted by atomic mass is 9.79. The summed E-state index contributed by atoms with van der Waals surface area (Å²) in [6.45, 7) is 11.2. The summed E-state index contributed by atoms with van der Waals surface area (Å²) in [6.07, 6.45) is 2.23. The fraction of sp³-hybridized carbons (Fsp3) is 0.400. The number of H-pyrrole nitrogens is 1. The molecule has 1 aromatic heterocycles. The molecule has 8 nitrogen and oxygen atoms in total. The molecule has 232 valence electrons. The minimum Gasteiger partial charge on any atom is -0.399 e. The highest BCUT2D eigenvalue weighted by Gasteiger charge is 2.52. The summed E-state index contributed by atoms with van der Waals surface area (Å²) in [4.78, 5) is 30.0. The van der Waals surface area contributed by atoms with Crippen LogP contribution >= 0.6 is 0 Å². The van der Waals surface area contributed by atoms with Crippen molar-refractivity contribution in [3.63, 3.8) is 0 Å².